The van der Waals surface area contributed by atoms with Crippen LogP contribution in [0, 0.1) is 6.92 Å². The maximum Gasteiger partial charge on any atom is 0.143 e. The molecular formula is C14H16N2OS. The van der Waals surface area contributed by atoms with Gasteiger partial charge in [-0.25, -0.2) is 4.98 Å². The zero-order chi connectivity index (χ0) is 12.8. The lowest BCUT2D eigenvalue weighted by Gasteiger charge is -2.33. The number of hydrogen-bond donors (Lipinski definition) is 1. The monoisotopic (exact) mass is 260 g/mol. The molecule has 0 bridgehead atoms. The second-order valence-corrected chi connectivity index (χ2v) is 6.24. The van der Waals surface area contributed by atoms with E-state index in [1.54, 1.807) is 11.3 Å². The molecular weight excluding hydrogens is 244 g/mol. The summed E-state index contributed by atoms with van der Waals surface area (Å²) in [6, 6.07) is 6.22. The van der Waals surface area contributed by atoms with Crippen molar-refractivity contribution >= 4 is 17.0 Å². The van der Waals surface area contributed by atoms with Gasteiger partial charge in [0.1, 0.15) is 11.4 Å². The van der Waals surface area contributed by atoms with Crippen LogP contribution < -0.4 is 10.1 Å². The van der Waals surface area contributed by atoms with Crippen LogP contribution in [0.3, 0.4) is 0 Å². The molecule has 2 heterocycles. The predicted molar refractivity (Wildman–Crippen MR) is 75.5 cm³/mol. The minimum atomic E-state index is -0.148. The van der Waals surface area contributed by atoms with Crippen molar-refractivity contribution in [3.63, 3.8) is 0 Å². The van der Waals surface area contributed by atoms with Gasteiger partial charge in [0.25, 0.3) is 0 Å². The first-order chi connectivity index (χ1) is 8.55. The Balaban J connectivity index is 2.01. The van der Waals surface area contributed by atoms with E-state index >= 15 is 0 Å². The molecule has 1 aliphatic rings. The highest BCUT2D eigenvalue weighted by Crippen LogP contribution is 2.36. The second kappa shape index (κ2) is 3.99. The zero-order valence-corrected chi connectivity index (χ0v) is 11.6. The number of ether oxygens (including phenoxy) is 1. The average Bonchev–Trinajstić information content (AvgIpc) is 2.74. The number of nitrogens with one attached hydrogen (secondary N) is 1. The lowest BCUT2D eigenvalue weighted by molar-refractivity contribution is 0.116. The van der Waals surface area contributed by atoms with Crippen LogP contribution in [0.5, 0.6) is 5.75 Å². The van der Waals surface area contributed by atoms with Crippen molar-refractivity contribution < 1.29 is 4.74 Å². The molecule has 0 aliphatic carbocycles. The third-order valence-corrected chi connectivity index (χ3v) is 3.85. The van der Waals surface area contributed by atoms with E-state index in [1.807, 2.05) is 11.6 Å². The second-order valence-electron chi connectivity index (χ2n) is 5.18. The highest BCUT2D eigenvalue weighted by Gasteiger charge is 2.26. The van der Waals surface area contributed by atoms with Crippen LogP contribution in [0.1, 0.15) is 18.7 Å². The first-order valence-corrected chi connectivity index (χ1v) is 6.90. The normalized spacial score (nSPS) is 16.6. The van der Waals surface area contributed by atoms with Crippen molar-refractivity contribution in [3.05, 3.63) is 28.6 Å². The lowest BCUT2D eigenvalue weighted by Crippen LogP contribution is -2.39. The van der Waals surface area contributed by atoms with Crippen molar-refractivity contribution in [2.75, 3.05) is 11.9 Å². The van der Waals surface area contributed by atoms with E-state index < -0.39 is 0 Å². The number of aromatic nitrogens is 1. The van der Waals surface area contributed by atoms with Crippen molar-refractivity contribution in [2.45, 2.75) is 26.4 Å². The molecule has 0 atom stereocenters. The molecule has 0 spiro atoms. The van der Waals surface area contributed by atoms with Crippen LogP contribution in [0.15, 0.2) is 23.7 Å². The SMILES string of the molecule is Cc1scnc1-c1ccc2c(c1)NCC(C)(C)O2. The molecule has 1 aliphatic heterocycles. The number of thiazole rings is 1. The van der Waals surface area contributed by atoms with E-state index in [4.69, 9.17) is 4.74 Å². The molecule has 3 rings (SSSR count). The molecule has 4 heteroatoms. The van der Waals surface area contributed by atoms with Gasteiger partial charge in [0.05, 0.1) is 23.4 Å². The van der Waals surface area contributed by atoms with E-state index in [0.717, 1.165) is 29.2 Å². The fourth-order valence-electron chi connectivity index (χ4n) is 2.13. The zero-order valence-electron chi connectivity index (χ0n) is 10.8. The summed E-state index contributed by atoms with van der Waals surface area (Å²) in [7, 11) is 0. The predicted octanol–water partition coefficient (Wildman–Crippen LogP) is 3.70. The Morgan fingerprint density at radius 1 is 1.39 bits per heavy atom. The van der Waals surface area contributed by atoms with E-state index in [2.05, 4.69) is 43.2 Å². The summed E-state index contributed by atoms with van der Waals surface area (Å²) in [6.07, 6.45) is 0. The average molecular weight is 260 g/mol. The van der Waals surface area contributed by atoms with E-state index in [1.165, 1.54) is 4.88 Å². The van der Waals surface area contributed by atoms with E-state index in [-0.39, 0.29) is 5.60 Å². The highest BCUT2D eigenvalue weighted by atomic mass is 32.1. The van der Waals surface area contributed by atoms with Gasteiger partial charge >= 0.3 is 0 Å². The fraction of sp³-hybridized carbons (Fsp3) is 0.357. The summed E-state index contributed by atoms with van der Waals surface area (Å²) >= 11 is 1.67. The Morgan fingerprint density at radius 2 is 2.22 bits per heavy atom. The third kappa shape index (κ3) is 1.97. The van der Waals surface area contributed by atoms with Crippen molar-refractivity contribution in [1.29, 1.82) is 0 Å². The topological polar surface area (TPSA) is 34.2 Å². The molecule has 1 aromatic heterocycles. The van der Waals surface area contributed by atoms with Gasteiger partial charge in [-0.15, -0.1) is 11.3 Å². The third-order valence-electron chi connectivity index (χ3n) is 3.09. The largest absolute Gasteiger partial charge is 0.484 e. The summed E-state index contributed by atoms with van der Waals surface area (Å²) in [5.41, 5.74) is 5.00. The summed E-state index contributed by atoms with van der Waals surface area (Å²) in [5, 5.41) is 3.43. The van der Waals surface area contributed by atoms with Gasteiger partial charge in [0.2, 0.25) is 0 Å². The Hall–Kier alpha value is -1.55. The number of aryl methyl sites for hydroxylation is 1. The smallest absolute Gasteiger partial charge is 0.143 e. The van der Waals surface area contributed by atoms with Crippen LogP contribution in [-0.2, 0) is 0 Å². The van der Waals surface area contributed by atoms with Gasteiger partial charge in [-0.2, -0.15) is 0 Å². The minimum Gasteiger partial charge on any atom is -0.484 e. The molecule has 0 unspecified atom stereocenters. The maximum absolute atomic E-state index is 5.94. The van der Waals surface area contributed by atoms with Crippen LogP contribution in [-0.4, -0.2) is 17.1 Å². The quantitative estimate of drug-likeness (QED) is 0.849. The number of anilines is 1. The van der Waals surface area contributed by atoms with Crippen LogP contribution in [0.25, 0.3) is 11.3 Å². The van der Waals surface area contributed by atoms with Crippen LogP contribution in [0.2, 0.25) is 0 Å². The summed E-state index contributed by atoms with van der Waals surface area (Å²) in [5.74, 6) is 0.919. The van der Waals surface area contributed by atoms with E-state index in [0.29, 0.717) is 0 Å². The molecule has 18 heavy (non-hydrogen) atoms. The lowest BCUT2D eigenvalue weighted by atomic mass is 10.0. The number of fused-ring (bicyclic) bond motifs is 1. The molecule has 1 N–H and O–H groups in total. The van der Waals surface area contributed by atoms with Gasteiger partial charge in [0.15, 0.2) is 0 Å². The fourth-order valence-corrected chi connectivity index (χ4v) is 2.73. The molecule has 0 fully saturated rings. The van der Waals surface area contributed by atoms with Gasteiger partial charge < -0.3 is 10.1 Å². The van der Waals surface area contributed by atoms with Crippen molar-refractivity contribution in [1.82, 2.24) is 4.98 Å². The summed E-state index contributed by atoms with van der Waals surface area (Å²) in [6.45, 7) is 7.09. The van der Waals surface area contributed by atoms with Crippen LogP contribution in [0.4, 0.5) is 5.69 Å². The standard InChI is InChI=1S/C14H16N2OS/c1-9-13(16-8-18-9)10-4-5-12-11(6-10)15-7-14(2,3)17-12/h4-6,8,15H,7H2,1-3H3. The van der Waals surface area contributed by atoms with Crippen LogP contribution >= 0.6 is 11.3 Å². The number of nitrogens with zero attached hydrogens (tertiary/aromatic N) is 1. The highest BCUT2D eigenvalue weighted by molar-refractivity contribution is 7.10. The molecule has 0 saturated heterocycles. The summed E-state index contributed by atoms with van der Waals surface area (Å²) in [4.78, 5) is 5.66. The number of rotatable bonds is 1. The molecule has 0 radical (unpaired) electrons. The minimum absolute atomic E-state index is 0.148. The molecule has 0 saturated carbocycles. The number of benzene rings is 1. The molecule has 94 valence electrons. The van der Waals surface area contributed by atoms with Gasteiger partial charge in [-0.3, -0.25) is 0 Å². The van der Waals surface area contributed by atoms with Gasteiger partial charge in [0, 0.05) is 10.4 Å². The Bertz CT molecular complexity index is 589. The maximum atomic E-state index is 5.94. The Morgan fingerprint density at radius 3 is 2.94 bits per heavy atom. The van der Waals surface area contributed by atoms with Gasteiger partial charge in [-0.1, -0.05) is 0 Å². The van der Waals surface area contributed by atoms with Crippen molar-refractivity contribution in [2.24, 2.45) is 0 Å². The number of hydrogen-bond acceptors (Lipinski definition) is 4. The Kier molecular flexibility index (Phi) is 2.55. The molecule has 0 amide bonds. The Labute approximate surface area is 111 Å². The molecule has 2 aromatic rings. The van der Waals surface area contributed by atoms with Crippen molar-refractivity contribution in [3.8, 4) is 17.0 Å². The molecule has 1 aromatic carbocycles. The van der Waals surface area contributed by atoms with Gasteiger partial charge in [-0.05, 0) is 39.0 Å². The summed E-state index contributed by atoms with van der Waals surface area (Å²) < 4.78 is 5.94. The van der Waals surface area contributed by atoms with E-state index in [9.17, 15) is 0 Å². The first kappa shape index (κ1) is 11.5. The molecule has 3 nitrogen and oxygen atoms in total. The first-order valence-electron chi connectivity index (χ1n) is 6.03.